The van der Waals surface area contributed by atoms with Gasteiger partial charge in [-0.05, 0) is 18.4 Å². The number of aryl methyl sites for hydroxylation is 1. The molecule has 4 heteroatoms. The van der Waals surface area contributed by atoms with Crippen molar-refractivity contribution in [1.29, 1.82) is 0 Å². The predicted molar refractivity (Wildman–Crippen MR) is 80.5 cm³/mol. The molecule has 1 unspecified atom stereocenters. The van der Waals surface area contributed by atoms with Gasteiger partial charge in [-0.1, -0.05) is 19.9 Å². The third-order valence-electron chi connectivity index (χ3n) is 4.15. The summed E-state index contributed by atoms with van der Waals surface area (Å²) in [5.41, 5.74) is 3.94. The number of imidazole rings is 2. The topological polar surface area (TPSA) is 46.5 Å². The number of aromatic nitrogens is 4. The Bertz CT molecular complexity index is 619. The lowest BCUT2D eigenvalue weighted by Gasteiger charge is -2.09. The molecule has 106 valence electrons. The summed E-state index contributed by atoms with van der Waals surface area (Å²) in [4.78, 5) is 12.5. The maximum Gasteiger partial charge on any atom is 0.132 e. The molecule has 1 aliphatic rings. The summed E-state index contributed by atoms with van der Waals surface area (Å²) >= 11 is 0. The van der Waals surface area contributed by atoms with Gasteiger partial charge in [-0.25, -0.2) is 9.97 Å². The average molecular weight is 270 g/mol. The lowest BCUT2D eigenvalue weighted by atomic mass is 9.99. The number of aromatic amines is 1. The van der Waals surface area contributed by atoms with Crippen molar-refractivity contribution in [3.8, 4) is 0 Å². The fraction of sp³-hybridized carbons (Fsp3) is 0.500. The van der Waals surface area contributed by atoms with Crippen molar-refractivity contribution in [1.82, 2.24) is 19.5 Å². The standard InChI is InChI=1S/C16H22N4/c1-4-5-14-19-15-11(2)10-12(16-17-8-9-18-16)6-7-13(15)20(14)3/h6,8-9,11H,4-5,7,10H2,1-3H3,(H,17,18). The molecule has 0 radical (unpaired) electrons. The Balaban J connectivity index is 1.96. The number of hydrogen-bond donors (Lipinski definition) is 1. The number of nitrogens with one attached hydrogen (secondary N) is 1. The molecule has 0 bridgehead atoms. The minimum Gasteiger partial charge on any atom is -0.345 e. The van der Waals surface area contributed by atoms with E-state index in [1.165, 1.54) is 22.8 Å². The highest BCUT2D eigenvalue weighted by Gasteiger charge is 2.23. The van der Waals surface area contributed by atoms with Gasteiger partial charge in [0.1, 0.15) is 11.6 Å². The Hall–Kier alpha value is -1.84. The van der Waals surface area contributed by atoms with E-state index in [0.717, 1.165) is 31.5 Å². The molecule has 0 saturated carbocycles. The maximum atomic E-state index is 4.90. The minimum atomic E-state index is 0.445. The Kier molecular flexibility index (Phi) is 3.47. The Labute approximate surface area is 120 Å². The molecular weight excluding hydrogens is 248 g/mol. The highest BCUT2D eigenvalue weighted by atomic mass is 15.1. The molecule has 0 fully saturated rings. The van der Waals surface area contributed by atoms with Crippen LogP contribution in [0.2, 0.25) is 0 Å². The van der Waals surface area contributed by atoms with Crippen LogP contribution in [-0.4, -0.2) is 19.5 Å². The van der Waals surface area contributed by atoms with E-state index in [2.05, 4.69) is 41.5 Å². The molecule has 2 aromatic rings. The van der Waals surface area contributed by atoms with Crippen molar-refractivity contribution < 1.29 is 0 Å². The van der Waals surface area contributed by atoms with Crippen LogP contribution in [0.3, 0.4) is 0 Å². The summed E-state index contributed by atoms with van der Waals surface area (Å²) in [5.74, 6) is 2.67. The Morgan fingerprint density at radius 1 is 1.45 bits per heavy atom. The van der Waals surface area contributed by atoms with Gasteiger partial charge in [0, 0.05) is 43.9 Å². The van der Waals surface area contributed by atoms with Crippen LogP contribution in [0.15, 0.2) is 18.5 Å². The third kappa shape index (κ3) is 2.19. The lowest BCUT2D eigenvalue weighted by Crippen LogP contribution is -2.01. The monoisotopic (exact) mass is 270 g/mol. The maximum absolute atomic E-state index is 4.90. The summed E-state index contributed by atoms with van der Waals surface area (Å²) in [6.45, 7) is 4.47. The zero-order valence-corrected chi connectivity index (χ0v) is 12.5. The normalized spacial score (nSPS) is 18.6. The van der Waals surface area contributed by atoms with Gasteiger partial charge in [-0.3, -0.25) is 0 Å². The molecular formula is C16H22N4. The average Bonchev–Trinajstić information content (AvgIpc) is 3.02. The summed E-state index contributed by atoms with van der Waals surface area (Å²) in [5, 5.41) is 0. The van der Waals surface area contributed by atoms with E-state index in [1.54, 1.807) is 0 Å². The third-order valence-corrected chi connectivity index (χ3v) is 4.15. The summed E-state index contributed by atoms with van der Waals surface area (Å²) in [6.07, 6.45) is 10.2. The first-order valence-electron chi connectivity index (χ1n) is 7.43. The number of nitrogens with zero attached hydrogens (tertiary/aromatic N) is 3. The first-order chi connectivity index (χ1) is 9.70. The van der Waals surface area contributed by atoms with Gasteiger partial charge >= 0.3 is 0 Å². The smallest absolute Gasteiger partial charge is 0.132 e. The van der Waals surface area contributed by atoms with E-state index in [4.69, 9.17) is 4.98 Å². The largest absolute Gasteiger partial charge is 0.345 e. The van der Waals surface area contributed by atoms with Gasteiger partial charge in [0.25, 0.3) is 0 Å². The lowest BCUT2D eigenvalue weighted by molar-refractivity contribution is 0.737. The molecule has 3 rings (SSSR count). The van der Waals surface area contributed by atoms with Gasteiger partial charge in [0.05, 0.1) is 5.69 Å². The first kappa shape index (κ1) is 13.2. The van der Waals surface area contributed by atoms with Crippen LogP contribution in [0.25, 0.3) is 5.57 Å². The molecule has 0 aliphatic heterocycles. The van der Waals surface area contributed by atoms with E-state index < -0.39 is 0 Å². The van der Waals surface area contributed by atoms with Crippen LogP contribution in [0.4, 0.5) is 0 Å². The molecule has 2 heterocycles. The van der Waals surface area contributed by atoms with Crippen molar-refractivity contribution in [3.05, 3.63) is 41.5 Å². The minimum absolute atomic E-state index is 0.445. The zero-order chi connectivity index (χ0) is 14.1. The van der Waals surface area contributed by atoms with Crippen molar-refractivity contribution in [2.75, 3.05) is 0 Å². The second-order valence-corrected chi connectivity index (χ2v) is 5.65. The Morgan fingerprint density at radius 3 is 3.00 bits per heavy atom. The van der Waals surface area contributed by atoms with Crippen LogP contribution in [0.5, 0.6) is 0 Å². The number of fused-ring (bicyclic) bond motifs is 1. The van der Waals surface area contributed by atoms with E-state index in [0.29, 0.717) is 5.92 Å². The number of H-pyrrole nitrogens is 1. The number of rotatable bonds is 3. The summed E-state index contributed by atoms with van der Waals surface area (Å²) in [7, 11) is 2.15. The van der Waals surface area contributed by atoms with E-state index in [9.17, 15) is 0 Å². The van der Waals surface area contributed by atoms with Crippen LogP contribution in [-0.2, 0) is 19.9 Å². The predicted octanol–water partition coefficient (Wildman–Crippen LogP) is 3.23. The highest BCUT2D eigenvalue weighted by Crippen LogP contribution is 2.33. The van der Waals surface area contributed by atoms with E-state index in [-0.39, 0.29) is 0 Å². The fourth-order valence-corrected chi connectivity index (χ4v) is 3.05. The fourth-order valence-electron chi connectivity index (χ4n) is 3.05. The van der Waals surface area contributed by atoms with Crippen molar-refractivity contribution >= 4 is 5.57 Å². The number of allylic oxidation sites excluding steroid dienone is 2. The van der Waals surface area contributed by atoms with Gasteiger partial charge < -0.3 is 9.55 Å². The summed E-state index contributed by atoms with van der Waals surface area (Å²) < 4.78 is 2.29. The first-order valence-corrected chi connectivity index (χ1v) is 7.43. The van der Waals surface area contributed by atoms with Crippen molar-refractivity contribution in [3.63, 3.8) is 0 Å². The van der Waals surface area contributed by atoms with Crippen molar-refractivity contribution in [2.45, 2.75) is 45.4 Å². The molecule has 0 spiro atoms. The van der Waals surface area contributed by atoms with Gasteiger partial charge in [-0.15, -0.1) is 0 Å². The van der Waals surface area contributed by atoms with E-state index >= 15 is 0 Å². The molecule has 1 N–H and O–H groups in total. The molecule has 20 heavy (non-hydrogen) atoms. The molecule has 4 nitrogen and oxygen atoms in total. The molecule has 1 aliphatic carbocycles. The molecule has 0 amide bonds. The van der Waals surface area contributed by atoms with E-state index in [1.807, 2.05) is 12.4 Å². The van der Waals surface area contributed by atoms with Crippen LogP contribution < -0.4 is 0 Å². The number of hydrogen-bond acceptors (Lipinski definition) is 2. The molecule has 0 saturated heterocycles. The van der Waals surface area contributed by atoms with Gasteiger partial charge in [0.15, 0.2) is 0 Å². The quantitative estimate of drug-likeness (QED) is 0.930. The SMILES string of the molecule is CCCc1nc2c(n1C)CC=C(c1ncc[nH]1)CC2C. The second kappa shape index (κ2) is 5.27. The van der Waals surface area contributed by atoms with Crippen LogP contribution in [0, 0.1) is 0 Å². The van der Waals surface area contributed by atoms with Gasteiger partial charge in [0.2, 0.25) is 0 Å². The van der Waals surface area contributed by atoms with Crippen LogP contribution >= 0.6 is 0 Å². The molecule has 2 aromatic heterocycles. The summed E-state index contributed by atoms with van der Waals surface area (Å²) in [6, 6.07) is 0. The Morgan fingerprint density at radius 2 is 2.30 bits per heavy atom. The highest BCUT2D eigenvalue weighted by molar-refractivity contribution is 5.62. The zero-order valence-electron chi connectivity index (χ0n) is 12.5. The van der Waals surface area contributed by atoms with Crippen LogP contribution in [0.1, 0.15) is 55.6 Å². The second-order valence-electron chi connectivity index (χ2n) is 5.65. The van der Waals surface area contributed by atoms with Crippen molar-refractivity contribution in [2.24, 2.45) is 7.05 Å². The molecule has 1 atom stereocenters. The molecule has 0 aromatic carbocycles. The van der Waals surface area contributed by atoms with Gasteiger partial charge in [-0.2, -0.15) is 0 Å².